The maximum Gasteiger partial charge on any atom is 0.128 e. The Hall–Kier alpha value is -2.42. The molecule has 0 aliphatic carbocycles. The summed E-state index contributed by atoms with van der Waals surface area (Å²) >= 11 is 0. The third kappa shape index (κ3) is 2.03. The van der Waals surface area contributed by atoms with Crippen molar-refractivity contribution in [2.24, 2.45) is 0 Å². The van der Waals surface area contributed by atoms with Crippen molar-refractivity contribution in [2.75, 3.05) is 7.11 Å². The number of hydrogen-bond donors (Lipinski definition) is 0. The van der Waals surface area contributed by atoms with Gasteiger partial charge < -0.3 is 4.74 Å². The van der Waals surface area contributed by atoms with Crippen molar-refractivity contribution >= 4 is 10.8 Å². The minimum absolute atomic E-state index is 0.825. The number of nitrogens with zero attached hydrogens (tertiary/aromatic N) is 2. The average Bonchev–Trinajstić information content (AvgIpc) is 2.46. The van der Waals surface area contributed by atoms with Crippen LogP contribution in [0.2, 0.25) is 0 Å². The van der Waals surface area contributed by atoms with E-state index in [4.69, 9.17) is 4.74 Å². The molecule has 0 atom stereocenters. The van der Waals surface area contributed by atoms with Crippen LogP contribution in [0.4, 0.5) is 0 Å². The maximum atomic E-state index is 5.46. The lowest BCUT2D eigenvalue weighted by Crippen LogP contribution is -1.93. The van der Waals surface area contributed by atoms with Gasteiger partial charge in [0.1, 0.15) is 11.4 Å². The molecule has 2 aromatic carbocycles. The van der Waals surface area contributed by atoms with E-state index >= 15 is 0 Å². The Balaban J connectivity index is 2.30. The van der Waals surface area contributed by atoms with Crippen molar-refractivity contribution in [1.29, 1.82) is 0 Å². The highest BCUT2D eigenvalue weighted by Crippen LogP contribution is 2.33. The zero-order chi connectivity index (χ0) is 13.2. The topological polar surface area (TPSA) is 35.0 Å². The Bertz CT molecular complexity index is 732. The second-order valence-electron chi connectivity index (χ2n) is 4.48. The van der Waals surface area contributed by atoms with E-state index in [0.29, 0.717) is 0 Å². The average molecular weight is 250 g/mol. The van der Waals surface area contributed by atoms with Gasteiger partial charge in [0.15, 0.2) is 0 Å². The highest BCUT2D eigenvalue weighted by Gasteiger charge is 2.11. The Morgan fingerprint density at radius 1 is 1.05 bits per heavy atom. The van der Waals surface area contributed by atoms with E-state index in [1.54, 1.807) is 13.3 Å². The van der Waals surface area contributed by atoms with Crippen molar-refractivity contribution < 1.29 is 4.74 Å². The first-order valence-electron chi connectivity index (χ1n) is 6.15. The van der Waals surface area contributed by atoms with Crippen LogP contribution in [-0.4, -0.2) is 17.3 Å². The smallest absolute Gasteiger partial charge is 0.128 e. The number of benzene rings is 2. The summed E-state index contributed by atoms with van der Waals surface area (Å²) in [4.78, 5) is 0. The molecular weight excluding hydrogens is 236 g/mol. The normalized spacial score (nSPS) is 10.6. The minimum Gasteiger partial charge on any atom is -0.496 e. The molecule has 0 unspecified atom stereocenters. The fourth-order valence-corrected chi connectivity index (χ4v) is 2.22. The van der Waals surface area contributed by atoms with E-state index in [1.165, 1.54) is 0 Å². The Kier molecular flexibility index (Phi) is 2.88. The number of methoxy groups -OCH3 is 1. The fraction of sp³-hybridized carbons (Fsp3) is 0.125. The predicted molar refractivity (Wildman–Crippen MR) is 76.3 cm³/mol. The molecule has 3 rings (SSSR count). The number of rotatable bonds is 2. The van der Waals surface area contributed by atoms with E-state index in [9.17, 15) is 0 Å². The Labute approximate surface area is 111 Å². The number of hydrogen-bond acceptors (Lipinski definition) is 3. The SMILES string of the molecule is COc1cc(C)ccc1-c1nncc2ccccc12. The first kappa shape index (κ1) is 11.7. The quantitative estimate of drug-likeness (QED) is 0.696. The lowest BCUT2D eigenvalue weighted by atomic mass is 10.0. The molecule has 3 aromatic rings. The van der Waals surface area contributed by atoms with Gasteiger partial charge in [-0.25, -0.2) is 0 Å². The molecule has 0 aliphatic heterocycles. The molecule has 1 heterocycles. The minimum atomic E-state index is 0.825. The third-order valence-corrected chi connectivity index (χ3v) is 3.18. The Morgan fingerprint density at radius 3 is 2.74 bits per heavy atom. The van der Waals surface area contributed by atoms with Crippen LogP contribution in [0, 0.1) is 6.92 Å². The standard InChI is InChI=1S/C16H14N2O/c1-11-7-8-14(15(9-11)19-2)16-13-6-4-3-5-12(13)10-17-18-16/h3-10H,1-2H3. The van der Waals surface area contributed by atoms with Gasteiger partial charge in [-0.05, 0) is 24.6 Å². The second kappa shape index (κ2) is 4.69. The molecule has 3 heteroatoms. The summed E-state index contributed by atoms with van der Waals surface area (Å²) in [5.74, 6) is 0.825. The van der Waals surface area contributed by atoms with Crippen molar-refractivity contribution in [2.45, 2.75) is 6.92 Å². The second-order valence-corrected chi connectivity index (χ2v) is 4.48. The molecule has 0 radical (unpaired) electrons. The van der Waals surface area contributed by atoms with Crippen molar-refractivity contribution in [1.82, 2.24) is 10.2 Å². The van der Waals surface area contributed by atoms with E-state index in [0.717, 1.165) is 33.3 Å². The molecule has 0 amide bonds. The van der Waals surface area contributed by atoms with Gasteiger partial charge in [-0.2, -0.15) is 5.10 Å². The van der Waals surface area contributed by atoms with Crippen molar-refractivity contribution in [3.05, 3.63) is 54.2 Å². The summed E-state index contributed by atoms with van der Waals surface area (Å²) in [6.07, 6.45) is 1.78. The number of aryl methyl sites for hydroxylation is 1. The van der Waals surface area contributed by atoms with Crippen LogP contribution in [-0.2, 0) is 0 Å². The third-order valence-electron chi connectivity index (χ3n) is 3.18. The zero-order valence-electron chi connectivity index (χ0n) is 10.9. The van der Waals surface area contributed by atoms with Gasteiger partial charge >= 0.3 is 0 Å². The van der Waals surface area contributed by atoms with Crippen LogP contribution in [0.1, 0.15) is 5.56 Å². The molecular formula is C16H14N2O. The summed E-state index contributed by atoms with van der Waals surface area (Å²) in [6.45, 7) is 2.04. The van der Waals surface area contributed by atoms with Crippen LogP contribution >= 0.6 is 0 Å². The molecule has 0 saturated heterocycles. The molecule has 0 aliphatic rings. The van der Waals surface area contributed by atoms with Gasteiger partial charge in [0, 0.05) is 16.3 Å². The molecule has 0 fully saturated rings. The van der Waals surface area contributed by atoms with Gasteiger partial charge in [0.05, 0.1) is 13.3 Å². The number of aromatic nitrogens is 2. The fourth-order valence-electron chi connectivity index (χ4n) is 2.22. The monoisotopic (exact) mass is 250 g/mol. The first-order valence-corrected chi connectivity index (χ1v) is 6.15. The molecule has 0 saturated carbocycles. The molecule has 19 heavy (non-hydrogen) atoms. The van der Waals surface area contributed by atoms with Crippen LogP contribution in [0.3, 0.4) is 0 Å². The number of fused-ring (bicyclic) bond motifs is 1. The summed E-state index contributed by atoms with van der Waals surface area (Å²) in [6, 6.07) is 14.2. The molecule has 0 bridgehead atoms. The predicted octanol–water partition coefficient (Wildman–Crippen LogP) is 3.61. The van der Waals surface area contributed by atoms with Crippen molar-refractivity contribution in [3.8, 4) is 17.0 Å². The van der Waals surface area contributed by atoms with E-state index in [1.807, 2.05) is 37.3 Å². The molecule has 94 valence electrons. The van der Waals surface area contributed by atoms with Gasteiger partial charge in [0.2, 0.25) is 0 Å². The lowest BCUT2D eigenvalue weighted by Gasteiger charge is -2.10. The van der Waals surface area contributed by atoms with Crippen molar-refractivity contribution in [3.63, 3.8) is 0 Å². The molecule has 0 spiro atoms. The number of ether oxygens (including phenoxy) is 1. The largest absolute Gasteiger partial charge is 0.496 e. The zero-order valence-corrected chi connectivity index (χ0v) is 10.9. The molecule has 1 aromatic heterocycles. The highest BCUT2D eigenvalue weighted by atomic mass is 16.5. The summed E-state index contributed by atoms with van der Waals surface area (Å²) in [5.41, 5.74) is 2.99. The van der Waals surface area contributed by atoms with Gasteiger partial charge in [-0.15, -0.1) is 5.10 Å². The van der Waals surface area contributed by atoms with Crippen LogP contribution < -0.4 is 4.74 Å². The van der Waals surface area contributed by atoms with Gasteiger partial charge in [0.25, 0.3) is 0 Å². The van der Waals surface area contributed by atoms with Gasteiger partial charge in [-0.3, -0.25) is 0 Å². The Morgan fingerprint density at radius 2 is 1.89 bits per heavy atom. The van der Waals surface area contributed by atoms with E-state index in [2.05, 4.69) is 22.3 Å². The van der Waals surface area contributed by atoms with Gasteiger partial charge in [-0.1, -0.05) is 30.3 Å². The van der Waals surface area contributed by atoms with Crippen LogP contribution in [0.25, 0.3) is 22.0 Å². The molecule has 0 N–H and O–H groups in total. The summed E-state index contributed by atoms with van der Waals surface area (Å²) < 4.78 is 5.46. The summed E-state index contributed by atoms with van der Waals surface area (Å²) in [5, 5.41) is 10.5. The lowest BCUT2D eigenvalue weighted by molar-refractivity contribution is 0.416. The first-order chi connectivity index (χ1) is 9.29. The highest BCUT2D eigenvalue weighted by molar-refractivity contribution is 5.95. The summed E-state index contributed by atoms with van der Waals surface area (Å²) in [7, 11) is 1.68. The maximum absolute atomic E-state index is 5.46. The van der Waals surface area contributed by atoms with Crippen LogP contribution in [0.15, 0.2) is 48.7 Å². The van der Waals surface area contributed by atoms with Crippen LogP contribution in [0.5, 0.6) is 5.75 Å². The molecule has 3 nitrogen and oxygen atoms in total. The van der Waals surface area contributed by atoms with E-state index < -0.39 is 0 Å². The van der Waals surface area contributed by atoms with E-state index in [-0.39, 0.29) is 0 Å².